The van der Waals surface area contributed by atoms with E-state index in [1.807, 2.05) is 26.8 Å². The van der Waals surface area contributed by atoms with E-state index in [9.17, 15) is 9.59 Å². The van der Waals surface area contributed by atoms with Crippen LogP contribution in [0.4, 0.5) is 17.3 Å². The van der Waals surface area contributed by atoms with Gasteiger partial charge in [0.15, 0.2) is 11.5 Å². The number of fused-ring (bicyclic) bond motifs is 1. The molecule has 1 aromatic carbocycles. The predicted molar refractivity (Wildman–Crippen MR) is 169 cm³/mol. The maximum absolute atomic E-state index is 13.3. The average Bonchev–Trinajstić information content (AvgIpc) is 3.21. The van der Waals surface area contributed by atoms with Gasteiger partial charge in [-0.3, -0.25) is 14.5 Å². The number of likely N-dealkylation sites (N-methyl/N-ethyl adjacent to an activating group) is 1. The summed E-state index contributed by atoms with van der Waals surface area (Å²) in [5.74, 6) is 0.717. The molecule has 222 valence electrons. The molecule has 4 heterocycles. The zero-order valence-corrected chi connectivity index (χ0v) is 25.2. The fourth-order valence-electron chi connectivity index (χ4n) is 5.97. The summed E-state index contributed by atoms with van der Waals surface area (Å²) in [7, 11) is 2.26. The Hall–Kier alpha value is -4.25. The second kappa shape index (κ2) is 11.9. The quantitative estimate of drug-likeness (QED) is 0.136. The van der Waals surface area contributed by atoms with Gasteiger partial charge in [0, 0.05) is 36.7 Å². The van der Waals surface area contributed by atoms with E-state index in [-0.39, 0.29) is 18.1 Å². The first kappa shape index (κ1) is 29.2. The Morgan fingerprint density at radius 2 is 2.07 bits per heavy atom. The fraction of sp³-hybridized carbons (Fsp3) is 0.452. The predicted octanol–water partition coefficient (Wildman–Crippen LogP) is 4.11. The van der Waals surface area contributed by atoms with Crippen molar-refractivity contribution in [2.24, 2.45) is 5.10 Å². The van der Waals surface area contributed by atoms with Crippen LogP contribution in [-0.4, -0.2) is 79.7 Å². The zero-order chi connectivity index (χ0) is 30.0. The van der Waals surface area contributed by atoms with Crippen LogP contribution in [0.5, 0.6) is 0 Å². The van der Waals surface area contributed by atoms with E-state index in [1.54, 1.807) is 22.9 Å². The number of hydrogen-bond acceptors (Lipinski definition) is 8. The van der Waals surface area contributed by atoms with E-state index in [1.165, 1.54) is 52.9 Å². The lowest BCUT2D eigenvalue weighted by atomic mass is 9.79. The van der Waals surface area contributed by atoms with Crippen LogP contribution < -0.4 is 15.8 Å². The number of carbonyl (C=O) groups is 1. The summed E-state index contributed by atoms with van der Waals surface area (Å²) in [6, 6.07) is 6.12. The van der Waals surface area contributed by atoms with Crippen molar-refractivity contribution in [3.63, 3.8) is 0 Å². The van der Waals surface area contributed by atoms with E-state index >= 15 is 0 Å². The van der Waals surface area contributed by atoms with E-state index in [4.69, 9.17) is 4.98 Å². The molecule has 1 amide bonds. The lowest BCUT2D eigenvalue weighted by Gasteiger charge is -2.58. The van der Waals surface area contributed by atoms with Gasteiger partial charge >= 0.3 is 0 Å². The highest BCUT2D eigenvalue weighted by molar-refractivity contribution is 5.99. The number of nitrogens with one attached hydrogen (secondary N) is 1. The number of carbonyl (C=O) groups excluding carboxylic acids is 1. The summed E-state index contributed by atoms with van der Waals surface area (Å²) in [6.07, 6.45) is 11.2. The number of hydrazone groups is 1. The molecular formula is C31H41N9O2. The first-order valence-electron chi connectivity index (χ1n) is 14.6. The number of allylic oxidation sites excluding steroid dienone is 3. The number of hydrogen-bond donors (Lipinski definition) is 1. The van der Waals surface area contributed by atoms with E-state index in [0.29, 0.717) is 34.8 Å². The SMILES string of the molecule is C=CCn1c(=O)c2cnc(Nc3ccc(N4CC5(CCCCN5C)C4)c(C)c3)nc2n1C(/C=C\C)=N/N(C=O)C(C)C. The first-order valence-corrected chi connectivity index (χ1v) is 14.6. The summed E-state index contributed by atoms with van der Waals surface area (Å²) >= 11 is 0. The molecule has 1 N–H and O–H groups in total. The third-order valence-electron chi connectivity index (χ3n) is 8.32. The van der Waals surface area contributed by atoms with E-state index < -0.39 is 0 Å². The minimum absolute atomic E-state index is 0.174. The van der Waals surface area contributed by atoms with Crippen LogP contribution in [0.15, 0.2) is 59.1 Å². The van der Waals surface area contributed by atoms with Gasteiger partial charge in [-0.15, -0.1) is 6.58 Å². The maximum Gasteiger partial charge on any atom is 0.278 e. The van der Waals surface area contributed by atoms with Crippen molar-refractivity contribution < 1.29 is 4.79 Å². The minimum Gasteiger partial charge on any atom is -0.367 e. The van der Waals surface area contributed by atoms with E-state index in [2.05, 4.69) is 57.9 Å². The molecule has 0 saturated carbocycles. The van der Waals surface area contributed by atoms with Crippen LogP contribution in [-0.2, 0) is 11.3 Å². The summed E-state index contributed by atoms with van der Waals surface area (Å²) in [5.41, 5.74) is 3.70. The molecule has 11 heteroatoms. The average molecular weight is 572 g/mol. The van der Waals surface area contributed by atoms with Crippen molar-refractivity contribution in [1.29, 1.82) is 0 Å². The highest BCUT2D eigenvalue weighted by Gasteiger charge is 2.47. The zero-order valence-electron chi connectivity index (χ0n) is 25.2. The number of anilines is 3. The number of piperidine rings is 1. The lowest BCUT2D eigenvalue weighted by Crippen LogP contribution is -2.70. The van der Waals surface area contributed by atoms with Gasteiger partial charge in [-0.25, -0.2) is 19.4 Å². The smallest absolute Gasteiger partial charge is 0.278 e. The van der Waals surface area contributed by atoms with Crippen molar-refractivity contribution in [1.82, 2.24) is 29.2 Å². The minimum atomic E-state index is -0.271. The Morgan fingerprint density at radius 3 is 2.71 bits per heavy atom. The van der Waals surface area contributed by atoms with Gasteiger partial charge < -0.3 is 10.2 Å². The number of rotatable bonds is 9. The Balaban J connectivity index is 1.46. The van der Waals surface area contributed by atoms with Gasteiger partial charge in [0.1, 0.15) is 5.39 Å². The Bertz CT molecular complexity index is 1590. The summed E-state index contributed by atoms with van der Waals surface area (Å²) in [6.45, 7) is 15.0. The molecule has 2 aliphatic heterocycles. The Kier molecular flexibility index (Phi) is 8.31. The topological polar surface area (TPSA) is 104 Å². The van der Waals surface area contributed by atoms with Gasteiger partial charge in [-0.2, -0.15) is 10.1 Å². The molecule has 0 aliphatic carbocycles. The summed E-state index contributed by atoms with van der Waals surface area (Å²) < 4.78 is 3.10. The van der Waals surface area contributed by atoms with Gasteiger partial charge in [0.05, 0.1) is 12.1 Å². The third kappa shape index (κ3) is 5.36. The van der Waals surface area contributed by atoms with E-state index in [0.717, 1.165) is 18.8 Å². The van der Waals surface area contributed by atoms with Crippen molar-refractivity contribution in [3.8, 4) is 0 Å². The number of aromatic nitrogens is 4. The van der Waals surface area contributed by atoms with Crippen molar-refractivity contribution in [2.75, 3.05) is 36.9 Å². The second-order valence-corrected chi connectivity index (χ2v) is 11.5. The molecule has 0 radical (unpaired) electrons. The molecule has 42 heavy (non-hydrogen) atoms. The Labute approximate surface area is 246 Å². The third-order valence-corrected chi connectivity index (χ3v) is 8.32. The van der Waals surface area contributed by atoms with Crippen molar-refractivity contribution in [3.05, 3.63) is 65.1 Å². The molecule has 3 aromatic rings. The van der Waals surface area contributed by atoms with Crippen LogP contribution in [0.3, 0.4) is 0 Å². The lowest BCUT2D eigenvalue weighted by molar-refractivity contribution is -0.119. The molecule has 0 atom stereocenters. The highest BCUT2D eigenvalue weighted by Crippen LogP contribution is 2.39. The van der Waals surface area contributed by atoms with Crippen molar-refractivity contribution >= 4 is 40.6 Å². The van der Waals surface area contributed by atoms with Gasteiger partial charge in [-0.05, 0) is 84.0 Å². The van der Waals surface area contributed by atoms with Gasteiger partial charge in [-0.1, -0.05) is 18.6 Å². The van der Waals surface area contributed by atoms with Crippen LogP contribution in [0, 0.1) is 6.92 Å². The summed E-state index contributed by atoms with van der Waals surface area (Å²) in [4.78, 5) is 39.3. The normalized spacial score (nSPS) is 17.3. The molecule has 2 fully saturated rings. The molecule has 2 saturated heterocycles. The fourth-order valence-corrected chi connectivity index (χ4v) is 5.97. The standard InChI is InChI=1S/C31H41N9O2/c1-7-11-27(35-38(21-41)22(3)4)40-28-25(29(42)39(40)15-8-2)18-32-30(34-28)33-24-12-13-26(23(5)17-24)37-19-31(20-37)14-9-10-16-36(31)6/h7-8,11-13,17-18,21-22H,2,9-10,14-16,19-20H2,1,3-6H3,(H,32,33,34)/b11-7-,35-27+. The monoisotopic (exact) mass is 571 g/mol. The van der Waals surface area contributed by atoms with Crippen LogP contribution >= 0.6 is 0 Å². The molecule has 2 aliphatic rings. The number of benzene rings is 1. The number of nitrogens with zero attached hydrogens (tertiary/aromatic N) is 8. The largest absolute Gasteiger partial charge is 0.367 e. The van der Waals surface area contributed by atoms with Crippen molar-refractivity contribution in [2.45, 2.75) is 65.1 Å². The number of amides is 1. The molecule has 0 unspecified atom stereocenters. The molecule has 1 spiro atoms. The molecular weight excluding hydrogens is 530 g/mol. The molecule has 5 rings (SSSR count). The van der Waals surface area contributed by atoms with Crippen LogP contribution in [0.2, 0.25) is 0 Å². The maximum atomic E-state index is 13.3. The molecule has 11 nitrogen and oxygen atoms in total. The molecule has 0 bridgehead atoms. The number of likely N-dealkylation sites (tertiary alicyclic amines) is 1. The number of aryl methyl sites for hydroxylation is 1. The Morgan fingerprint density at radius 1 is 1.29 bits per heavy atom. The van der Waals surface area contributed by atoms with Crippen LogP contribution in [0.1, 0.15) is 45.6 Å². The van der Waals surface area contributed by atoms with Crippen LogP contribution in [0.25, 0.3) is 11.0 Å². The first-order chi connectivity index (χ1) is 20.2. The highest BCUT2D eigenvalue weighted by atomic mass is 16.1. The van der Waals surface area contributed by atoms with Gasteiger partial charge in [0.2, 0.25) is 12.4 Å². The summed E-state index contributed by atoms with van der Waals surface area (Å²) in [5, 5.41) is 9.50. The molecule has 2 aromatic heterocycles. The van der Waals surface area contributed by atoms with Gasteiger partial charge in [0.25, 0.3) is 5.56 Å². The second-order valence-electron chi connectivity index (χ2n) is 11.5.